The van der Waals surface area contributed by atoms with Gasteiger partial charge in [-0.15, -0.1) is 0 Å². The average Bonchev–Trinajstić information content (AvgIpc) is 2.23. The van der Waals surface area contributed by atoms with Crippen LogP contribution in [0.1, 0.15) is 47.0 Å². The van der Waals surface area contributed by atoms with E-state index in [9.17, 15) is 4.79 Å². The predicted octanol–water partition coefficient (Wildman–Crippen LogP) is 1.95. The molecular formula is C12H25NO2. The molecule has 0 aliphatic rings. The number of carbonyl (C=O) groups excluding carboxylic acids is 1. The van der Waals surface area contributed by atoms with Gasteiger partial charge in [-0.3, -0.25) is 4.79 Å². The van der Waals surface area contributed by atoms with E-state index in [1.165, 1.54) is 0 Å². The summed E-state index contributed by atoms with van der Waals surface area (Å²) >= 11 is 0. The van der Waals surface area contributed by atoms with Crippen LogP contribution in [0.2, 0.25) is 0 Å². The summed E-state index contributed by atoms with van der Waals surface area (Å²) < 4.78 is 0. The molecule has 15 heavy (non-hydrogen) atoms. The maximum Gasteiger partial charge on any atom is 0.222 e. The van der Waals surface area contributed by atoms with Crippen LogP contribution >= 0.6 is 0 Å². The Bertz CT molecular complexity index is 186. The zero-order valence-electron chi connectivity index (χ0n) is 10.5. The molecule has 0 bridgehead atoms. The molecule has 0 unspecified atom stereocenters. The molecule has 0 saturated heterocycles. The Morgan fingerprint density at radius 3 is 2.20 bits per heavy atom. The fourth-order valence-corrected chi connectivity index (χ4v) is 1.66. The fourth-order valence-electron chi connectivity index (χ4n) is 1.66. The molecule has 1 amide bonds. The number of amides is 1. The fraction of sp³-hybridized carbons (Fsp3) is 0.917. The second kappa shape index (κ2) is 6.83. The molecule has 0 heterocycles. The second-order valence-corrected chi connectivity index (χ2v) is 4.55. The van der Waals surface area contributed by atoms with Gasteiger partial charge in [-0.25, -0.2) is 0 Å². The lowest BCUT2D eigenvalue weighted by atomic mass is 9.79. The van der Waals surface area contributed by atoms with Crippen molar-refractivity contribution in [1.82, 2.24) is 5.32 Å². The topological polar surface area (TPSA) is 49.3 Å². The molecule has 3 heteroatoms. The van der Waals surface area contributed by atoms with Crippen LogP contribution < -0.4 is 5.32 Å². The monoisotopic (exact) mass is 215 g/mol. The minimum Gasteiger partial charge on any atom is -0.396 e. The Balaban J connectivity index is 4.22. The molecule has 0 spiro atoms. The smallest absolute Gasteiger partial charge is 0.222 e. The van der Waals surface area contributed by atoms with Gasteiger partial charge >= 0.3 is 0 Å². The highest BCUT2D eigenvalue weighted by Crippen LogP contribution is 2.29. The highest BCUT2D eigenvalue weighted by atomic mass is 16.3. The summed E-state index contributed by atoms with van der Waals surface area (Å²) in [6.45, 7) is 8.88. The Kier molecular flexibility index (Phi) is 6.57. The van der Waals surface area contributed by atoms with Crippen molar-refractivity contribution in [2.45, 2.75) is 47.0 Å². The molecule has 0 aliphatic heterocycles. The molecule has 0 aromatic rings. The van der Waals surface area contributed by atoms with E-state index < -0.39 is 0 Å². The molecule has 0 aliphatic carbocycles. The summed E-state index contributed by atoms with van der Waals surface area (Å²) in [5, 5.41) is 12.0. The third kappa shape index (κ3) is 4.65. The quantitative estimate of drug-likeness (QED) is 0.682. The molecule has 0 fully saturated rings. The number of aliphatic hydroxyl groups is 1. The van der Waals surface area contributed by atoms with E-state index in [1.807, 2.05) is 13.8 Å². The Morgan fingerprint density at radius 1 is 1.33 bits per heavy atom. The molecular weight excluding hydrogens is 190 g/mol. The highest BCUT2D eigenvalue weighted by Gasteiger charge is 2.26. The van der Waals surface area contributed by atoms with Crippen LogP contribution in [0, 0.1) is 11.3 Å². The van der Waals surface area contributed by atoms with Crippen LogP contribution in [0.5, 0.6) is 0 Å². The van der Waals surface area contributed by atoms with Gasteiger partial charge in [-0.1, -0.05) is 27.7 Å². The zero-order valence-corrected chi connectivity index (χ0v) is 10.5. The van der Waals surface area contributed by atoms with Gasteiger partial charge in [0.25, 0.3) is 0 Å². The highest BCUT2D eigenvalue weighted by molar-refractivity contribution is 5.77. The van der Waals surface area contributed by atoms with Crippen LogP contribution in [0.3, 0.4) is 0 Å². The lowest BCUT2D eigenvalue weighted by molar-refractivity contribution is -0.124. The summed E-state index contributed by atoms with van der Waals surface area (Å²) in [4.78, 5) is 11.5. The zero-order chi connectivity index (χ0) is 11.9. The van der Waals surface area contributed by atoms with E-state index in [0.717, 1.165) is 19.3 Å². The van der Waals surface area contributed by atoms with E-state index >= 15 is 0 Å². The summed E-state index contributed by atoms with van der Waals surface area (Å²) in [6.07, 6.45) is 2.74. The van der Waals surface area contributed by atoms with E-state index in [0.29, 0.717) is 6.54 Å². The lowest BCUT2D eigenvalue weighted by Crippen LogP contribution is -2.39. The number of aliphatic hydroxyl groups excluding tert-OH is 1. The average molecular weight is 215 g/mol. The largest absolute Gasteiger partial charge is 0.396 e. The normalized spacial score (nSPS) is 11.9. The van der Waals surface area contributed by atoms with Crippen molar-refractivity contribution < 1.29 is 9.90 Å². The molecule has 0 atom stereocenters. The Labute approximate surface area is 93.3 Å². The first kappa shape index (κ1) is 14.4. The molecule has 0 aromatic carbocycles. The maximum atomic E-state index is 11.5. The molecule has 90 valence electrons. The van der Waals surface area contributed by atoms with Crippen LogP contribution in [0.4, 0.5) is 0 Å². The minimum atomic E-state index is 0.0329. The first-order valence-electron chi connectivity index (χ1n) is 5.90. The third-order valence-electron chi connectivity index (χ3n) is 3.30. The van der Waals surface area contributed by atoms with Crippen molar-refractivity contribution >= 4 is 5.91 Å². The third-order valence-corrected chi connectivity index (χ3v) is 3.30. The molecule has 3 nitrogen and oxygen atoms in total. The summed E-state index contributed by atoms with van der Waals surface area (Å²) in [5.41, 5.74) is 0.0688. The van der Waals surface area contributed by atoms with Crippen LogP contribution in [-0.4, -0.2) is 24.2 Å². The Morgan fingerprint density at radius 2 is 1.87 bits per heavy atom. The second-order valence-electron chi connectivity index (χ2n) is 4.55. The van der Waals surface area contributed by atoms with Gasteiger partial charge in [0.15, 0.2) is 0 Å². The molecule has 0 radical (unpaired) electrons. The summed E-state index contributed by atoms with van der Waals surface area (Å²) in [5.74, 6) is 0.129. The summed E-state index contributed by atoms with van der Waals surface area (Å²) in [7, 11) is 0. The van der Waals surface area contributed by atoms with Gasteiger partial charge in [0, 0.05) is 19.1 Å². The van der Waals surface area contributed by atoms with E-state index in [4.69, 9.17) is 5.11 Å². The van der Waals surface area contributed by atoms with Crippen LogP contribution in [-0.2, 0) is 4.79 Å². The van der Waals surface area contributed by atoms with E-state index in [2.05, 4.69) is 19.2 Å². The standard InChI is InChI=1S/C12H25NO2/c1-5-12(6-2,7-8-14)9-13-11(15)10(3)4/h10,14H,5-9H2,1-4H3,(H,13,15). The first-order valence-corrected chi connectivity index (χ1v) is 5.90. The van der Waals surface area contributed by atoms with Gasteiger partial charge < -0.3 is 10.4 Å². The van der Waals surface area contributed by atoms with Crippen molar-refractivity contribution in [2.75, 3.05) is 13.2 Å². The molecule has 2 N–H and O–H groups in total. The summed E-state index contributed by atoms with van der Waals surface area (Å²) in [6, 6.07) is 0. The predicted molar refractivity (Wildman–Crippen MR) is 62.6 cm³/mol. The van der Waals surface area contributed by atoms with E-state index in [-0.39, 0.29) is 23.8 Å². The molecule has 0 saturated carbocycles. The van der Waals surface area contributed by atoms with Gasteiger partial charge in [0.05, 0.1) is 0 Å². The number of nitrogens with one attached hydrogen (secondary N) is 1. The number of rotatable bonds is 7. The number of hydrogen-bond donors (Lipinski definition) is 2. The van der Waals surface area contributed by atoms with Crippen molar-refractivity contribution in [2.24, 2.45) is 11.3 Å². The number of carbonyl (C=O) groups is 1. The maximum absolute atomic E-state index is 11.5. The lowest BCUT2D eigenvalue weighted by Gasteiger charge is -2.31. The van der Waals surface area contributed by atoms with Gasteiger partial charge in [0.1, 0.15) is 0 Å². The SMILES string of the molecule is CCC(CC)(CCO)CNC(=O)C(C)C. The van der Waals surface area contributed by atoms with Gasteiger partial charge in [-0.2, -0.15) is 0 Å². The van der Waals surface area contributed by atoms with Crippen LogP contribution in [0.25, 0.3) is 0 Å². The van der Waals surface area contributed by atoms with Crippen LogP contribution in [0.15, 0.2) is 0 Å². The molecule has 0 aromatic heterocycles. The number of hydrogen-bond acceptors (Lipinski definition) is 2. The van der Waals surface area contributed by atoms with E-state index in [1.54, 1.807) is 0 Å². The van der Waals surface area contributed by atoms with Crippen molar-refractivity contribution in [1.29, 1.82) is 0 Å². The minimum absolute atomic E-state index is 0.0329. The van der Waals surface area contributed by atoms with Gasteiger partial charge in [-0.05, 0) is 24.7 Å². The van der Waals surface area contributed by atoms with Gasteiger partial charge in [0.2, 0.25) is 5.91 Å². The van der Waals surface area contributed by atoms with Crippen molar-refractivity contribution in [3.8, 4) is 0 Å². The molecule has 0 rings (SSSR count). The Hall–Kier alpha value is -0.570. The van der Waals surface area contributed by atoms with Crippen molar-refractivity contribution in [3.63, 3.8) is 0 Å². The van der Waals surface area contributed by atoms with Crippen molar-refractivity contribution in [3.05, 3.63) is 0 Å². The first-order chi connectivity index (χ1) is 7.01.